The molecule has 0 aliphatic heterocycles. The summed E-state index contributed by atoms with van der Waals surface area (Å²) in [5.74, 6) is -0.0272. The number of ether oxygens (including phenoxy) is 2. The average Bonchev–Trinajstić information content (AvgIpc) is 2.71. The molecule has 1 aromatic carbocycles. The van der Waals surface area contributed by atoms with Gasteiger partial charge in [0, 0.05) is 6.07 Å². The summed E-state index contributed by atoms with van der Waals surface area (Å²) in [6.07, 6.45) is 2.70. The van der Waals surface area contributed by atoms with E-state index in [0.29, 0.717) is 47.6 Å². The van der Waals surface area contributed by atoms with Gasteiger partial charge in [-0.3, -0.25) is 13.8 Å². The third kappa shape index (κ3) is 16.2. The number of hydrogen-bond donors (Lipinski definition) is 2. The number of hydrogen-bond acceptors (Lipinski definition) is 8. The van der Waals surface area contributed by atoms with Crippen molar-refractivity contribution in [1.29, 1.82) is 5.26 Å². The Morgan fingerprint density at radius 3 is 2.09 bits per heavy atom. The van der Waals surface area contributed by atoms with E-state index in [2.05, 4.69) is 13.0 Å². The minimum Gasteiger partial charge on any atom is -0.870 e. The summed E-state index contributed by atoms with van der Waals surface area (Å²) in [5, 5.41) is 18.2. The van der Waals surface area contributed by atoms with Crippen LogP contribution < -0.4 is 9.47 Å². The molecule has 0 spiro atoms. The Hall–Kier alpha value is -2.19. The van der Waals surface area contributed by atoms with Crippen LogP contribution in [-0.2, 0) is 18.4 Å². The lowest BCUT2D eigenvalue weighted by molar-refractivity contribution is -0.873. The minimum atomic E-state index is -4.40. The van der Waals surface area contributed by atoms with E-state index in [4.69, 9.17) is 23.6 Å². The number of likely N-dealkylation sites (N-methyl/N-ethyl adjacent to an activating group) is 1. The lowest BCUT2D eigenvalue weighted by atomic mass is 10.2. The fraction of sp³-hybridized carbons (Fsp3) is 0.652. The van der Waals surface area contributed by atoms with Gasteiger partial charge in [-0.05, 0) is 31.4 Å². The van der Waals surface area contributed by atoms with Crippen LogP contribution in [0.15, 0.2) is 18.2 Å². The van der Waals surface area contributed by atoms with Crippen LogP contribution in [-0.4, -0.2) is 79.5 Å². The molecule has 0 amide bonds. The lowest BCUT2D eigenvalue weighted by Crippen LogP contribution is -2.42. The summed E-state index contributed by atoms with van der Waals surface area (Å²) in [6.45, 7) is 3.19. The maximum atomic E-state index is 12.2. The van der Waals surface area contributed by atoms with Gasteiger partial charge in [0.1, 0.15) is 24.1 Å². The van der Waals surface area contributed by atoms with Gasteiger partial charge in [-0.15, -0.1) is 0 Å². The van der Waals surface area contributed by atoms with Gasteiger partial charge in [0.25, 0.3) is 0 Å². The van der Waals surface area contributed by atoms with Crippen LogP contribution >= 0.6 is 7.82 Å². The topological polar surface area (TPSA) is 165 Å². The van der Waals surface area contributed by atoms with Crippen LogP contribution in [0.3, 0.4) is 0 Å². The molecule has 1 aromatic rings. The minimum absolute atomic E-state index is 0. The van der Waals surface area contributed by atoms with Crippen LogP contribution in [0.1, 0.15) is 51.0 Å². The predicted octanol–water partition coefficient (Wildman–Crippen LogP) is 3.79. The largest absolute Gasteiger partial charge is 0.870 e. The van der Waals surface area contributed by atoms with Crippen molar-refractivity contribution >= 4 is 13.8 Å². The lowest BCUT2D eigenvalue weighted by Gasteiger charge is -2.29. The molecule has 0 saturated carbocycles. The molecule has 12 heteroatoms. The molecule has 0 aliphatic carbocycles. The van der Waals surface area contributed by atoms with Crippen molar-refractivity contribution in [3.63, 3.8) is 0 Å². The number of rotatable bonds is 18. The van der Waals surface area contributed by atoms with E-state index in [-0.39, 0.29) is 18.6 Å². The number of unbranched alkanes of at least 4 members (excludes halogenated alkanes) is 3. The predicted molar refractivity (Wildman–Crippen MR) is 129 cm³/mol. The number of phosphoric acid groups is 1. The fourth-order valence-electron chi connectivity index (χ4n) is 3.08. The first-order chi connectivity index (χ1) is 15.9. The van der Waals surface area contributed by atoms with Crippen LogP contribution in [0.4, 0.5) is 0 Å². The molecule has 35 heavy (non-hydrogen) atoms. The third-order valence-corrected chi connectivity index (χ3v) is 5.60. The Labute approximate surface area is 207 Å². The molecule has 0 radical (unpaired) electrons. The normalized spacial score (nSPS) is 13.7. The van der Waals surface area contributed by atoms with Crippen molar-refractivity contribution in [1.82, 2.24) is 0 Å². The number of nitriles is 1. The molecule has 0 aromatic heterocycles. The zero-order chi connectivity index (χ0) is 25.6. The van der Waals surface area contributed by atoms with Crippen LogP contribution in [0.5, 0.6) is 11.5 Å². The zero-order valence-electron chi connectivity index (χ0n) is 21.0. The second-order valence-electron chi connectivity index (χ2n) is 9.02. The molecule has 0 aliphatic rings. The molecule has 11 nitrogen and oxygen atoms in total. The van der Waals surface area contributed by atoms with E-state index in [0.717, 1.165) is 19.3 Å². The van der Waals surface area contributed by atoms with Crippen molar-refractivity contribution in [2.45, 2.75) is 51.6 Å². The van der Waals surface area contributed by atoms with Crippen molar-refractivity contribution < 1.29 is 47.8 Å². The number of carboxylic acids is 1. The van der Waals surface area contributed by atoms with Gasteiger partial charge < -0.3 is 29.4 Å². The van der Waals surface area contributed by atoms with Gasteiger partial charge in [0.2, 0.25) is 0 Å². The first-order valence-corrected chi connectivity index (χ1v) is 12.9. The van der Waals surface area contributed by atoms with Crippen LogP contribution in [0, 0.1) is 11.3 Å². The molecule has 0 bridgehead atoms. The van der Waals surface area contributed by atoms with E-state index < -0.39 is 26.3 Å². The molecule has 3 N–H and O–H groups in total. The zero-order valence-corrected chi connectivity index (χ0v) is 21.9. The number of aliphatic carboxylic acids is 1. The molecular weight excluding hydrogens is 479 g/mol. The molecule has 0 fully saturated rings. The quantitative estimate of drug-likeness (QED) is 0.166. The smallest absolute Gasteiger partial charge is 0.472 e. The Morgan fingerprint density at radius 1 is 1.06 bits per heavy atom. The molecule has 200 valence electrons. The standard InChI is InChI=1S/C23H37N2O8P.H2O/c1-5-6-7-10-30-20-13-19(17-24)14-21(15-20)31-11-8-9-12-32-34(28,29)33-22(16-23(26)27)18-25(2,3)4;/h13-15,22H,5-12,16,18H2,1-4H3,(H-,26,27,28,29);1H2. The molecule has 0 saturated heterocycles. The Balaban J connectivity index is 0.0000116. The molecule has 2 unspecified atom stereocenters. The molecular formula is C23H39N2O9P. The van der Waals surface area contributed by atoms with Gasteiger partial charge in [0.15, 0.2) is 0 Å². The number of nitrogens with zero attached hydrogens (tertiary/aromatic N) is 2. The monoisotopic (exact) mass is 518 g/mol. The van der Waals surface area contributed by atoms with E-state index in [9.17, 15) is 19.5 Å². The van der Waals surface area contributed by atoms with Gasteiger partial charge >= 0.3 is 13.8 Å². The first-order valence-electron chi connectivity index (χ1n) is 11.4. The Kier molecular flexibility index (Phi) is 15.4. The number of phosphoric ester groups is 1. The van der Waals surface area contributed by atoms with E-state index in [1.165, 1.54) is 0 Å². The maximum Gasteiger partial charge on any atom is 0.472 e. The summed E-state index contributed by atoms with van der Waals surface area (Å²) < 4.78 is 34.1. The summed E-state index contributed by atoms with van der Waals surface area (Å²) in [5.41, 5.74) is 0.439. The van der Waals surface area contributed by atoms with Crippen molar-refractivity contribution in [2.24, 2.45) is 0 Å². The van der Waals surface area contributed by atoms with E-state index in [1.54, 1.807) is 18.2 Å². The highest BCUT2D eigenvalue weighted by atomic mass is 31.2. The summed E-state index contributed by atoms with van der Waals surface area (Å²) in [6, 6.07) is 7.11. The van der Waals surface area contributed by atoms with Crippen molar-refractivity contribution in [2.75, 3.05) is 47.5 Å². The van der Waals surface area contributed by atoms with Gasteiger partial charge in [0.05, 0.1) is 59.0 Å². The Morgan fingerprint density at radius 2 is 1.60 bits per heavy atom. The maximum absolute atomic E-state index is 12.2. The molecule has 2 atom stereocenters. The fourth-order valence-corrected chi connectivity index (χ4v) is 4.02. The Bertz CT molecular complexity index is 852. The van der Waals surface area contributed by atoms with Gasteiger partial charge in [-0.2, -0.15) is 5.26 Å². The van der Waals surface area contributed by atoms with Crippen LogP contribution in [0.25, 0.3) is 0 Å². The van der Waals surface area contributed by atoms with Crippen molar-refractivity contribution in [3.05, 3.63) is 23.8 Å². The summed E-state index contributed by atoms with van der Waals surface area (Å²) in [7, 11) is 1.09. The van der Waals surface area contributed by atoms with Crippen LogP contribution in [0.2, 0.25) is 0 Å². The van der Waals surface area contributed by atoms with Crippen molar-refractivity contribution in [3.8, 4) is 17.6 Å². The van der Waals surface area contributed by atoms with Gasteiger partial charge in [-0.1, -0.05) is 19.8 Å². The third-order valence-electron chi connectivity index (χ3n) is 4.52. The highest BCUT2D eigenvalue weighted by Gasteiger charge is 2.31. The molecule has 0 heterocycles. The first kappa shape index (κ1) is 32.8. The van der Waals surface area contributed by atoms with E-state index >= 15 is 0 Å². The summed E-state index contributed by atoms with van der Waals surface area (Å²) >= 11 is 0. The second-order valence-corrected chi connectivity index (χ2v) is 10.4. The number of carbonyl (C=O) groups is 1. The number of quaternary nitrogens is 1. The van der Waals surface area contributed by atoms with Gasteiger partial charge in [-0.25, -0.2) is 4.57 Å². The van der Waals surface area contributed by atoms with E-state index in [1.807, 2.05) is 21.1 Å². The number of benzene rings is 1. The SMILES string of the molecule is CCCCCOc1cc(C#N)cc(OCCCCOP(=O)(O)OC(CC(=O)O)C[N+](C)(C)C)c1.[OH-]. The highest BCUT2D eigenvalue weighted by molar-refractivity contribution is 7.47. The number of carboxylic acid groups (broad SMARTS) is 1. The highest BCUT2D eigenvalue weighted by Crippen LogP contribution is 2.45. The average molecular weight is 519 g/mol. The molecule has 1 rings (SSSR count). The summed E-state index contributed by atoms with van der Waals surface area (Å²) in [4.78, 5) is 21.0. The second kappa shape index (κ2) is 16.5.